The van der Waals surface area contributed by atoms with Gasteiger partial charge >= 0.3 is 0 Å². The normalized spacial score (nSPS) is 14.2. The molecule has 2 unspecified atom stereocenters. The lowest BCUT2D eigenvalue weighted by molar-refractivity contribution is -0.140. The number of anilines is 1. The lowest BCUT2D eigenvalue weighted by Gasteiger charge is -2.28. The van der Waals surface area contributed by atoms with Crippen molar-refractivity contribution in [1.29, 1.82) is 5.26 Å². The van der Waals surface area contributed by atoms with Gasteiger partial charge in [0.1, 0.15) is 17.4 Å². The summed E-state index contributed by atoms with van der Waals surface area (Å²) in [6.07, 6.45) is 3.25. The van der Waals surface area contributed by atoms with Gasteiger partial charge in [-0.2, -0.15) is 5.26 Å². The Hall–Kier alpha value is -2.06. The third-order valence-electron chi connectivity index (χ3n) is 4.10. The van der Waals surface area contributed by atoms with Crippen LogP contribution in [0.2, 0.25) is 0 Å². The average Bonchev–Trinajstić information content (AvgIpc) is 2.61. The Morgan fingerprint density at radius 3 is 2.60 bits per heavy atom. The number of carbonyl (C=O) groups excluding carboxylic acids is 1. The second-order valence-electron chi connectivity index (χ2n) is 6.44. The van der Waals surface area contributed by atoms with Crippen LogP contribution in [-0.4, -0.2) is 24.2 Å². The molecule has 0 aliphatic heterocycles. The quantitative estimate of drug-likeness (QED) is 0.669. The predicted molar refractivity (Wildman–Crippen MR) is 99.7 cm³/mol. The first-order chi connectivity index (χ1) is 11.9. The van der Waals surface area contributed by atoms with Crippen molar-refractivity contribution in [3.8, 4) is 11.8 Å². The van der Waals surface area contributed by atoms with E-state index in [1.165, 1.54) is 0 Å². The Balaban J connectivity index is 2.96. The van der Waals surface area contributed by atoms with Gasteiger partial charge in [-0.05, 0) is 45.2 Å². The molecule has 1 aromatic carbocycles. The number of nitriles is 1. The maximum absolute atomic E-state index is 12.7. The zero-order chi connectivity index (χ0) is 18.9. The van der Waals surface area contributed by atoms with Crippen LogP contribution in [0.3, 0.4) is 0 Å². The van der Waals surface area contributed by atoms with Crippen molar-refractivity contribution in [2.75, 3.05) is 11.9 Å². The van der Waals surface area contributed by atoms with Crippen LogP contribution >= 0.6 is 0 Å². The molecule has 2 atom stereocenters. The van der Waals surface area contributed by atoms with Crippen LogP contribution in [0.5, 0.6) is 5.75 Å². The number of amides is 1. The van der Waals surface area contributed by atoms with Gasteiger partial charge in [0.25, 0.3) is 5.91 Å². The van der Waals surface area contributed by atoms with E-state index < -0.39 is 5.60 Å². The third-order valence-corrected chi connectivity index (χ3v) is 4.10. The Kier molecular flexibility index (Phi) is 8.44. The lowest BCUT2D eigenvalue weighted by Crippen LogP contribution is -2.43. The molecule has 1 N–H and O–H groups in total. The topological polar surface area (TPSA) is 71.3 Å². The van der Waals surface area contributed by atoms with Crippen molar-refractivity contribution >= 4 is 11.6 Å². The largest absolute Gasteiger partial charge is 0.491 e. The van der Waals surface area contributed by atoms with Crippen LogP contribution in [0.1, 0.15) is 65.9 Å². The van der Waals surface area contributed by atoms with Gasteiger partial charge < -0.3 is 14.8 Å². The van der Waals surface area contributed by atoms with E-state index in [1.807, 2.05) is 27.7 Å². The lowest BCUT2D eigenvalue weighted by atomic mass is 9.98. The summed E-state index contributed by atoms with van der Waals surface area (Å²) in [7, 11) is 0. The molecule has 0 radical (unpaired) electrons. The summed E-state index contributed by atoms with van der Waals surface area (Å²) in [5.74, 6) is 0.400. The zero-order valence-electron chi connectivity index (χ0n) is 16.0. The second kappa shape index (κ2) is 10.0. The van der Waals surface area contributed by atoms with Crippen molar-refractivity contribution in [2.24, 2.45) is 0 Å². The van der Waals surface area contributed by atoms with Crippen LogP contribution in [0.4, 0.5) is 5.69 Å². The fourth-order valence-corrected chi connectivity index (χ4v) is 2.42. The van der Waals surface area contributed by atoms with Gasteiger partial charge in [0.15, 0.2) is 0 Å². The van der Waals surface area contributed by atoms with Crippen molar-refractivity contribution in [1.82, 2.24) is 0 Å². The van der Waals surface area contributed by atoms with Crippen molar-refractivity contribution in [2.45, 2.75) is 72.0 Å². The smallest absolute Gasteiger partial charge is 0.256 e. The van der Waals surface area contributed by atoms with E-state index in [-0.39, 0.29) is 12.0 Å². The number of nitrogens with zero attached hydrogens (tertiary/aromatic N) is 1. The molecule has 0 bridgehead atoms. The molecule has 0 aromatic heterocycles. The van der Waals surface area contributed by atoms with Gasteiger partial charge in [0.05, 0.1) is 17.4 Å². The van der Waals surface area contributed by atoms with Crippen LogP contribution in [0.15, 0.2) is 18.2 Å². The minimum atomic E-state index is -0.899. The second-order valence-corrected chi connectivity index (χ2v) is 6.44. The van der Waals surface area contributed by atoms with Gasteiger partial charge in [-0.15, -0.1) is 0 Å². The number of rotatable bonds is 10. The van der Waals surface area contributed by atoms with Gasteiger partial charge in [-0.1, -0.05) is 27.2 Å². The van der Waals surface area contributed by atoms with E-state index in [0.29, 0.717) is 30.0 Å². The van der Waals surface area contributed by atoms with E-state index in [4.69, 9.17) is 9.47 Å². The first-order valence-electron chi connectivity index (χ1n) is 9.06. The van der Waals surface area contributed by atoms with Crippen LogP contribution in [-0.2, 0) is 9.53 Å². The minimum Gasteiger partial charge on any atom is -0.491 e. The molecule has 1 aromatic rings. The molecular weight excluding hydrogens is 316 g/mol. The number of benzene rings is 1. The van der Waals surface area contributed by atoms with Crippen LogP contribution < -0.4 is 10.1 Å². The highest BCUT2D eigenvalue weighted by Gasteiger charge is 2.33. The molecule has 0 spiro atoms. The summed E-state index contributed by atoms with van der Waals surface area (Å²) in [6, 6.07) is 7.26. The predicted octanol–water partition coefficient (Wildman–Crippen LogP) is 4.66. The maximum atomic E-state index is 12.7. The van der Waals surface area contributed by atoms with E-state index in [9.17, 15) is 10.1 Å². The summed E-state index contributed by atoms with van der Waals surface area (Å²) in [5.41, 5.74) is -0.0430. The molecule has 25 heavy (non-hydrogen) atoms. The Bertz CT molecular complexity index is 609. The highest BCUT2D eigenvalue weighted by molar-refractivity contribution is 5.98. The van der Waals surface area contributed by atoms with Crippen LogP contribution in [0.25, 0.3) is 0 Å². The Labute approximate surface area is 151 Å². The molecule has 5 nitrogen and oxygen atoms in total. The van der Waals surface area contributed by atoms with E-state index in [1.54, 1.807) is 25.1 Å². The molecule has 138 valence electrons. The summed E-state index contributed by atoms with van der Waals surface area (Å²) in [6.45, 7) is 10.4. The SMILES string of the molecule is CCCOC(C)(CCC)C(=O)Nc1ccc(OC(C)CC)cc1C#N. The number of hydrogen-bond acceptors (Lipinski definition) is 4. The Morgan fingerprint density at radius 2 is 2.04 bits per heavy atom. The summed E-state index contributed by atoms with van der Waals surface area (Å²) in [5, 5.41) is 12.3. The molecule has 1 amide bonds. The molecule has 0 aliphatic carbocycles. The molecule has 5 heteroatoms. The van der Waals surface area contributed by atoms with Crippen molar-refractivity contribution in [3.63, 3.8) is 0 Å². The minimum absolute atomic E-state index is 0.0715. The molecular formula is C20H30N2O3. The maximum Gasteiger partial charge on any atom is 0.256 e. The molecule has 1 rings (SSSR count). The molecule has 0 saturated heterocycles. The molecule has 0 saturated carbocycles. The summed E-state index contributed by atoms with van der Waals surface area (Å²) >= 11 is 0. The van der Waals surface area contributed by atoms with E-state index in [0.717, 1.165) is 19.3 Å². The number of carbonyl (C=O) groups is 1. The number of nitrogens with one attached hydrogen (secondary N) is 1. The number of hydrogen-bond donors (Lipinski definition) is 1. The monoisotopic (exact) mass is 346 g/mol. The summed E-state index contributed by atoms with van der Waals surface area (Å²) < 4.78 is 11.5. The van der Waals surface area contributed by atoms with E-state index >= 15 is 0 Å². The molecule has 0 heterocycles. The first kappa shape index (κ1) is 21.0. The standard InChI is InChI=1S/C20H30N2O3/c1-6-11-20(5,24-12-7-2)19(23)22-18-10-9-17(13-16(18)14-21)25-15(4)8-3/h9-10,13,15H,6-8,11-12H2,1-5H3,(H,22,23). The average molecular weight is 346 g/mol. The highest BCUT2D eigenvalue weighted by Crippen LogP contribution is 2.26. The first-order valence-corrected chi connectivity index (χ1v) is 9.06. The molecule has 0 aliphatic rings. The highest BCUT2D eigenvalue weighted by atomic mass is 16.5. The van der Waals surface area contributed by atoms with Gasteiger partial charge in [-0.3, -0.25) is 4.79 Å². The third kappa shape index (κ3) is 6.06. The van der Waals surface area contributed by atoms with Crippen LogP contribution in [0, 0.1) is 11.3 Å². The van der Waals surface area contributed by atoms with Crippen molar-refractivity contribution in [3.05, 3.63) is 23.8 Å². The Morgan fingerprint density at radius 1 is 1.32 bits per heavy atom. The zero-order valence-corrected chi connectivity index (χ0v) is 16.0. The molecule has 0 fully saturated rings. The van der Waals surface area contributed by atoms with Gasteiger partial charge in [0, 0.05) is 12.7 Å². The van der Waals surface area contributed by atoms with Gasteiger partial charge in [-0.25, -0.2) is 0 Å². The summed E-state index contributed by atoms with van der Waals surface area (Å²) in [4.78, 5) is 12.7. The van der Waals surface area contributed by atoms with E-state index in [2.05, 4.69) is 11.4 Å². The fourth-order valence-electron chi connectivity index (χ4n) is 2.42. The van der Waals surface area contributed by atoms with Gasteiger partial charge in [0.2, 0.25) is 0 Å². The van der Waals surface area contributed by atoms with Crippen molar-refractivity contribution < 1.29 is 14.3 Å². The fraction of sp³-hybridized carbons (Fsp3) is 0.600. The number of ether oxygens (including phenoxy) is 2.